The second-order valence-corrected chi connectivity index (χ2v) is 7.49. The number of benzene rings is 3. The fourth-order valence-electron chi connectivity index (χ4n) is 3.35. The lowest BCUT2D eigenvalue weighted by molar-refractivity contribution is -0.138. The molecule has 1 heterocycles. The highest BCUT2D eigenvalue weighted by atomic mass is 35.5. The van der Waals surface area contributed by atoms with Gasteiger partial charge >= 0.3 is 5.97 Å². The Morgan fingerprint density at radius 1 is 0.833 bits per heavy atom. The highest BCUT2D eigenvalue weighted by Crippen LogP contribution is 2.33. The Hall–Kier alpha value is -3.15. The van der Waals surface area contributed by atoms with Gasteiger partial charge in [0, 0.05) is 6.42 Å². The number of nitrogens with zero attached hydrogens (tertiary/aromatic N) is 1. The third kappa shape index (κ3) is 3.70. The van der Waals surface area contributed by atoms with E-state index in [9.17, 15) is 14.4 Å². The van der Waals surface area contributed by atoms with Gasteiger partial charge in [-0.05, 0) is 29.8 Å². The van der Waals surface area contributed by atoms with Crippen LogP contribution in [-0.4, -0.2) is 28.7 Å². The number of ether oxygens (including phenoxy) is 1. The number of halogens is 2. The number of fused-ring (bicyclic) bond motifs is 1. The Morgan fingerprint density at radius 3 is 2.07 bits per heavy atom. The molecule has 2 amide bonds. The van der Waals surface area contributed by atoms with Gasteiger partial charge in [-0.1, -0.05) is 71.7 Å². The molecule has 30 heavy (non-hydrogen) atoms. The van der Waals surface area contributed by atoms with E-state index in [-0.39, 0.29) is 33.3 Å². The molecule has 5 nitrogen and oxygen atoms in total. The molecule has 0 N–H and O–H groups in total. The molecule has 0 saturated carbocycles. The molecule has 0 radical (unpaired) electrons. The number of rotatable bonds is 5. The summed E-state index contributed by atoms with van der Waals surface area (Å²) in [6, 6.07) is 19.0. The minimum absolute atomic E-state index is 0.0591. The molecule has 0 saturated heterocycles. The van der Waals surface area contributed by atoms with Crippen LogP contribution in [0.3, 0.4) is 0 Å². The Morgan fingerprint density at radius 2 is 1.43 bits per heavy atom. The fraction of sp³-hybridized carbons (Fsp3) is 0.0870. The van der Waals surface area contributed by atoms with Crippen LogP contribution in [0, 0.1) is 0 Å². The first-order chi connectivity index (χ1) is 14.5. The first kappa shape index (κ1) is 20.1. The number of carbonyl (C=O) groups excluding carboxylic acids is 3. The van der Waals surface area contributed by atoms with Crippen LogP contribution < -0.4 is 4.74 Å². The summed E-state index contributed by atoms with van der Waals surface area (Å²) in [4.78, 5) is 40.0. The van der Waals surface area contributed by atoms with Crippen LogP contribution in [0.1, 0.15) is 26.3 Å². The Bertz CT molecular complexity index is 1110. The highest BCUT2D eigenvalue weighted by molar-refractivity contribution is 6.43. The average Bonchev–Trinajstić information content (AvgIpc) is 3.01. The van der Waals surface area contributed by atoms with Crippen molar-refractivity contribution < 1.29 is 19.1 Å². The molecule has 0 bridgehead atoms. The highest BCUT2D eigenvalue weighted by Gasteiger charge is 2.43. The van der Waals surface area contributed by atoms with Crippen molar-refractivity contribution in [1.82, 2.24) is 4.90 Å². The molecule has 3 aromatic carbocycles. The molecule has 0 fully saturated rings. The van der Waals surface area contributed by atoms with Gasteiger partial charge in [0.2, 0.25) is 0 Å². The summed E-state index contributed by atoms with van der Waals surface area (Å²) in [6.45, 7) is 0. The standard InChI is InChI=1S/C23H15Cl2NO4/c24-17-11-6-12-19(20(17)25)30-23(29)18(13-14-7-2-1-3-8-14)26-21(27)15-9-4-5-10-16(15)22(26)28/h1-12,18H,13H2. The van der Waals surface area contributed by atoms with E-state index < -0.39 is 23.8 Å². The maximum absolute atomic E-state index is 13.1. The van der Waals surface area contributed by atoms with Crippen molar-refractivity contribution in [3.8, 4) is 5.75 Å². The zero-order valence-corrected chi connectivity index (χ0v) is 17.1. The fourth-order valence-corrected chi connectivity index (χ4v) is 3.68. The third-order valence-electron chi connectivity index (χ3n) is 4.81. The van der Waals surface area contributed by atoms with E-state index in [4.69, 9.17) is 27.9 Å². The molecule has 1 atom stereocenters. The predicted molar refractivity (Wildman–Crippen MR) is 113 cm³/mol. The minimum atomic E-state index is -1.17. The van der Waals surface area contributed by atoms with E-state index in [2.05, 4.69) is 0 Å². The van der Waals surface area contributed by atoms with E-state index in [1.165, 1.54) is 6.07 Å². The van der Waals surface area contributed by atoms with Crippen molar-refractivity contribution in [2.24, 2.45) is 0 Å². The van der Waals surface area contributed by atoms with Gasteiger partial charge in [-0.3, -0.25) is 14.5 Å². The summed E-state index contributed by atoms with van der Waals surface area (Å²) in [5.74, 6) is -1.79. The van der Waals surface area contributed by atoms with Crippen LogP contribution in [0.5, 0.6) is 5.75 Å². The summed E-state index contributed by atoms with van der Waals surface area (Å²) in [6.07, 6.45) is 0.101. The SMILES string of the molecule is O=C(Oc1cccc(Cl)c1Cl)C(Cc1ccccc1)N1C(=O)c2ccccc2C1=O. The molecule has 150 valence electrons. The molecular weight excluding hydrogens is 425 g/mol. The lowest BCUT2D eigenvalue weighted by atomic mass is 10.0. The summed E-state index contributed by atoms with van der Waals surface area (Å²) in [5, 5.41) is 0.302. The average molecular weight is 440 g/mol. The normalized spacial score (nSPS) is 13.9. The maximum atomic E-state index is 13.1. The lowest BCUT2D eigenvalue weighted by Crippen LogP contribution is -2.48. The van der Waals surface area contributed by atoms with Crippen LogP contribution >= 0.6 is 23.2 Å². The summed E-state index contributed by atoms with van der Waals surface area (Å²) in [7, 11) is 0. The largest absolute Gasteiger partial charge is 0.423 e. The Labute approximate surface area is 182 Å². The van der Waals surface area contributed by atoms with E-state index in [1.54, 1.807) is 36.4 Å². The number of imide groups is 1. The number of esters is 1. The molecule has 0 aliphatic carbocycles. The Kier molecular flexibility index (Phi) is 5.57. The van der Waals surface area contributed by atoms with Gasteiger partial charge < -0.3 is 4.74 Å². The molecule has 4 rings (SSSR count). The summed E-state index contributed by atoms with van der Waals surface area (Å²) >= 11 is 12.1. The van der Waals surface area contributed by atoms with Crippen LogP contribution in [0.25, 0.3) is 0 Å². The van der Waals surface area contributed by atoms with Gasteiger partial charge in [0.25, 0.3) is 11.8 Å². The molecule has 1 unspecified atom stereocenters. The second-order valence-electron chi connectivity index (χ2n) is 6.70. The van der Waals surface area contributed by atoms with Crippen molar-refractivity contribution in [1.29, 1.82) is 0 Å². The quantitative estimate of drug-likeness (QED) is 0.325. The van der Waals surface area contributed by atoms with Gasteiger partial charge in [-0.15, -0.1) is 0 Å². The zero-order valence-electron chi connectivity index (χ0n) is 15.5. The van der Waals surface area contributed by atoms with Gasteiger partial charge in [0.15, 0.2) is 5.75 Å². The van der Waals surface area contributed by atoms with Crippen LogP contribution in [0.2, 0.25) is 10.0 Å². The van der Waals surface area contributed by atoms with Crippen LogP contribution in [-0.2, 0) is 11.2 Å². The van der Waals surface area contributed by atoms with Crippen molar-refractivity contribution in [2.45, 2.75) is 12.5 Å². The zero-order chi connectivity index (χ0) is 21.3. The monoisotopic (exact) mass is 439 g/mol. The van der Waals surface area contributed by atoms with E-state index in [0.29, 0.717) is 0 Å². The van der Waals surface area contributed by atoms with Crippen LogP contribution in [0.4, 0.5) is 0 Å². The van der Waals surface area contributed by atoms with Crippen molar-refractivity contribution in [3.05, 3.63) is 99.5 Å². The molecule has 3 aromatic rings. The third-order valence-corrected chi connectivity index (χ3v) is 5.61. The van der Waals surface area contributed by atoms with Gasteiger partial charge in [0.05, 0.1) is 16.1 Å². The molecule has 1 aliphatic rings. The molecule has 1 aliphatic heterocycles. The lowest BCUT2D eigenvalue weighted by Gasteiger charge is -2.25. The van der Waals surface area contributed by atoms with Gasteiger partial charge in [-0.25, -0.2) is 4.79 Å². The first-order valence-corrected chi connectivity index (χ1v) is 9.89. The topological polar surface area (TPSA) is 63.7 Å². The van der Waals surface area contributed by atoms with Crippen molar-refractivity contribution in [3.63, 3.8) is 0 Å². The number of hydrogen-bond donors (Lipinski definition) is 0. The maximum Gasteiger partial charge on any atom is 0.335 e. The summed E-state index contributed by atoms with van der Waals surface area (Å²) < 4.78 is 5.47. The van der Waals surface area contributed by atoms with Gasteiger partial charge in [0.1, 0.15) is 11.1 Å². The summed E-state index contributed by atoms with van der Waals surface area (Å²) in [5.41, 5.74) is 1.29. The first-order valence-electron chi connectivity index (χ1n) is 9.14. The van der Waals surface area contributed by atoms with E-state index >= 15 is 0 Å². The van der Waals surface area contributed by atoms with Crippen molar-refractivity contribution in [2.75, 3.05) is 0 Å². The molecule has 0 aromatic heterocycles. The van der Waals surface area contributed by atoms with Crippen LogP contribution in [0.15, 0.2) is 72.8 Å². The van der Waals surface area contributed by atoms with E-state index in [1.807, 2.05) is 30.3 Å². The number of carbonyl (C=O) groups is 3. The van der Waals surface area contributed by atoms with Gasteiger partial charge in [-0.2, -0.15) is 0 Å². The second kappa shape index (κ2) is 8.30. The van der Waals surface area contributed by atoms with E-state index in [0.717, 1.165) is 10.5 Å². The number of hydrogen-bond acceptors (Lipinski definition) is 4. The minimum Gasteiger partial charge on any atom is -0.423 e. The Balaban J connectivity index is 1.70. The molecular formula is C23H15Cl2NO4. The van der Waals surface area contributed by atoms with Crippen molar-refractivity contribution >= 4 is 41.0 Å². The molecule has 0 spiro atoms. The smallest absolute Gasteiger partial charge is 0.335 e. The molecule has 7 heteroatoms. The number of amides is 2. The predicted octanol–water partition coefficient (Wildman–Crippen LogP) is 4.81.